The number of fused-ring (bicyclic) bond motifs is 2. The second-order valence-corrected chi connectivity index (χ2v) is 12.6. The molecule has 2 aliphatic heterocycles. The molecule has 1 saturated heterocycles. The van der Waals surface area contributed by atoms with Crippen molar-refractivity contribution in [3.8, 4) is 22.9 Å². The van der Waals surface area contributed by atoms with Crippen LogP contribution in [0.3, 0.4) is 0 Å². The van der Waals surface area contributed by atoms with Crippen LogP contribution in [0.4, 0.5) is 9.52 Å². The highest BCUT2D eigenvalue weighted by molar-refractivity contribution is 7.17. The van der Waals surface area contributed by atoms with Gasteiger partial charge in [0.2, 0.25) is 21.9 Å². The molecule has 0 saturated carbocycles. The molecule has 2 aromatic carbocycles. The summed E-state index contributed by atoms with van der Waals surface area (Å²) >= 11 is 1.01. The molecule has 10 nitrogen and oxygen atoms in total. The molecule has 0 spiro atoms. The fourth-order valence-electron chi connectivity index (χ4n) is 5.65. The van der Waals surface area contributed by atoms with Crippen molar-refractivity contribution in [1.82, 2.24) is 25.0 Å². The van der Waals surface area contributed by atoms with Gasteiger partial charge in [-0.15, -0.1) is 10.2 Å². The summed E-state index contributed by atoms with van der Waals surface area (Å²) in [6.07, 6.45) is 1.85. The number of carbonyl (C=O) groups excluding carboxylic acids is 3. The molecule has 226 valence electrons. The number of likely N-dealkylation sites (tertiary alicyclic amines) is 1. The van der Waals surface area contributed by atoms with Crippen LogP contribution in [0.15, 0.2) is 54.6 Å². The Morgan fingerprint density at radius 3 is 2.50 bits per heavy atom. The molecule has 44 heavy (non-hydrogen) atoms. The third-order valence-electron chi connectivity index (χ3n) is 8.07. The van der Waals surface area contributed by atoms with Crippen LogP contribution in [0, 0.1) is 11.2 Å². The molecular formula is C32H31FN6O4S. The summed E-state index contributed by atoms with van der Waals surface area (Å²) in [6.45, 7) is 4.92. The number of halogens is 1. The van der Waals surface area contributed by atoms with Crippen LogP contribution in [0.1, 0.15) is 63.9 Å². The lowest BCUT2D eigenvalue weighted by Crippen LogP contribution is -2.38. The highest BCUT2D eigenvalue weighted by Crippen LogP contribution is 2.52. The topological polar surface area (TPSA) is 118 Å². The average molecular weight is 615 g/mol. The zero-order valence-corrected chi connectivity index (χ0v) is 25.6. The van der Waals surface area contributed by atoms with E-state index in [1.807, 2.05) is 44.2 Å². The standard InChI is InChI=1S/C32H31FN6O4S/c1-32(2,30(42)35-31-37-36-27(44-31)29(41)38(3)4)25-20-9-5-6-10-24(20)43-26-21(25)13-14-23(34-26)18-11-12-19(22(33)17-18)28(40)39-15-7-8-16-39/h5-6,9-14,17,25H,7-8,15-16H2,1-4H3,(H,35,37,42)/t25-/m0/s1. The van der Waals surface area contributed by atoms with Crippen molar-refractivity contribution >= 4 is 34.2 Å². The van der Waals surface area contributed by atoms with Crippen molar-refractivity contribution < 1.29 is 23.5 Å². The molecular weight excluding hydrogens is 583 g/mol. The van der Waals surface area contributed by atoms with Gasteiger partial charge in [0.05, 0.1) is 16.7 Å². The van der Waals surface area contributed by atoms with Crippen LogP contribution in [0.25, 0.3) is 11.3 Å². The number of ether oxygens (including phenoxy) is 1. The van der Waals surface area contributed by atoms with E-state index in [-0.39, 0.29) is 33.4 Å². The normalized spacial score (nSPS) is 15.7. The lowest BCUT2D eigenvalue weighted by molar-refractivity contribution is -0.124. The quantitative estimate of drug-likeness (QED) is 0.301. The van der Waals surface area contributed by atoms with Gasteiger partial charge in [0, 0.05) is 49.8 Å². The molecule has 1 fully saturated rings. The Balaban J connectivity index is 1.31. The molecule has 2 aromatic heterocycles. The average Bonchev–Trinajstić information content (AvgIpc) is 3.71. The first kappa shape index (κ1) is 29.4. The summed E-state index contributed by atoms with van der Waals surface area (Å²) in [4.78, 5) is 46.6. The van der Waals surface area contributed by atoms with Gasteiger partial charge in [-0.2, -0.15) is 0 Å². The molecule has 1 N–H and O–H groups in total. The maximum atomic E-state index is 15.2. The molecule has 6 rings (SSSR count). The first-order valence-corrected chi connectivity index (χ1v) is 15.1. The van der Waals surface area contributed by atoms with E-state index in [1.54, 1.807) is 31.1 Å². The number of para-hydroxylation sites is 1. The van der Waals surface area contributed by atoms with Crippen LogP contribution in [0.2, 0.25) is 0 Å². The van der Waals surface area contributed by atoms with Crippen LogP contribution in [-0.4, -0.2) is 69.9 Å². The van der Waals surface area contributed by atoms with E-state index in [1.165, 1.54) is 17.0 Å². The number of nitrogens with one attached hydrogen (secondary N) is 1. The Hall–Kier alpha value is -4.71. The summed E-state index contributed by atoms with van der Waals surface area (Å²) in [5.41, 5.74) is 1.48. The number of benzene rings is 2. The molecule has 4 heterocycles. The number of rotatable bonds is 6. The first-order valence-electron chi connectivity index (χ1n) is 14.3. The highest BCUT2D eigenvalue weighted by atomic mass is 32.1. The smallest absolute Gasteiger partial charge is 0.284 e. The molecule has 0 radical (unpaired) electrons. The van der Waals surface area contributed by atoms with Gasteiger partial charge in [0.25, 0.3) is 11.8 Å². The van der Waals surface area contributed by atoms with Crippen molar-refractivity contribution in [1.29, 1.82) is 0 Å². The number of nitrogens with zero attached hydrogens (tertiary/aromatic N) is 5. The van der Waals surface area contributed by atoms with Gasteiger partial charge in [0.1, 0.15) is 11.6 Å². The molecule has 0 aliphatic carbocycles. The minimum absolute atomic E-state index is 0.0419. The minimum Gasteiger partial charge on any atom is -0.438 e. The molecule has 3 amide bonds. The lowest BCUT2D eigenvalue weighted by Gasteiger charge is -2.37. The maximum Gasteiger partial charge on any atom is 0.284 e. The predicted molar refractivity (Wildman–Crippen MR) is 163 cm³/mol. The van der Waals surface area contributed by atoms with E-state index in [2.05, 4.69) is 15.5 Å². The Morgan fingerprint density at radius 2 is 1.77 bits per heavy atom. The largest absolute Gasteiger partial charge is 0.438 e. The summed E-state index contributed by atoms with van der Waals surface area (Å²) < 4.78 is 21.4. The fourth-order valence-corrected chi connectivity index (χ4v) is 6.41. The molecule has 4 aromatic rings. The monoisotopic (exact) mass is 614 g/mol. The van der Waals surface area contributed by atoms with Crippen molar-refractivity contribution in [2.24, 2.45) is 5.41 Å². The number of hydrogen-bond acceptors (Lipinski definition) is 8. The van der Waals surface area contributed by atoms with Gasteiger partial charge in [-0.05, 0) is 37.1 Å². The van der Waals surface area contributed by atoms with Gasteiger partial charge < -0.3 is 19.9 Å². The van der Waals surface area contributed by atoms with Gasteiger partial charge in [-0.1, -0.05) is 55.5 Å². The van der Waals surface area contributed by atoms with Crippen molar-refractivity contribution in [2.45, 2.75) is 32.6 Å². The Labute approximate surface area is 257 Å². The van der Waals surface area contributed by atoms with Crippen LogP contribution < -0.4 is 10.1 Å². The van der Waals surface area contributed by atoms with Gasteiger partial charge in [0.15, 0.2) is 0 Å². The third-order valence-corrected chi connectivity index (χ3v) is 8.89. The molecule has 2 aliphatic rings. The van der Waals surface area contributed by atoms with Crippen molar-refractivity contribution in [3.05, 3.63) is 82.1 Å². The SMILES string of the molecule is CN(C)C(=O)c1nnc(NC(=O)C(C)(C)[C@H]2c3ccccc3Oc3nc(-c4ccc(C(=O)N5CCCC5)c(F)c4)ccc32)s1. The van der Waals surface area contributed by atoms with E-state index in [0.717, 1.165) is 29.7 Å². The van der Waals surface area contributed by atoms with Crippen LogP contribution in [0.5, 0.6) is 11.6 Å². The van der Waals surface area contributed by atoms with E-state index in [9.17, 15) is 14.4 Å². The Morgan fingerprint density at radius 1 is 1.02 bits per heavy atom. The summed E-state index contributed by atoms with van der Waals surface area (Å²) in [7, 11) is 3.24. The number of pyridine rings is 1. The van der Waals surface area contributed by atoms with E-state index in [4.69, 9.17) is 9.72 Å². The van der Waals surface area contributed by atoms with E-state index >= 15 is 4.39 Å². The number of amides is 3. The number of carbonyl (C=O) groups is 3. The zero-order valence-electron chi connectivity index (χ0n) is 24.8. The molecule has 0 unspecified atom stereocenters. The molecule has 1 atom stereocenters. The van der Waals surface area contributed by atoms with Crippen molar-refractivity contribution in [3.63, 3.8) is 0 Å². The fraction of sp³-hybridized carbons (Fsp3) is 0.312. The Kier molecular flexibility index (Phi) is 7.62. The first-order chi connectivity index (χ1) is 21.0. The lowest BCUT2D eigenvalue weighted by atomic mass is 9.69. The Bertz CT molecular complexity index is 1780. The van der Waals surface area contributed by atoms with E-state index in [0.29, 0.717) is 41.5 Å². The van der Waals surface area contributed by atoms with Crippen LogP contribution in [-0.2, 0) is 4.79 Å². The van der Waals surface area contributed by atoms with Gasteiger partial charge in [-0.25, -0.2) is 9.37 Å². The molecule has 0 bridgehead atoms. The summed E-state index contributed by atoms with van der Waals surface area (Å²) in [5, 5.41) is 11.1. The predicted octanol–water partition coefficient (Wildman–Crippen LogP) is 5.58. The number of hydrogen-bond donors (Lipinski definition) is 1. The van der Waals surface area contributed by atoms with Gasteiger partial charge in [-0.3, -0.25) is 14.4 Å². The van der Waals surface area contributed by atoms with Crippen LogP contribution >= 0.6 is 11.3 Å². The number of anilines is 1. The van der Waals surface area contributed by atoms with E-state index < -0.39 is 17.2 Å². The zero-order chi connectivity index (χ0) is 31.2. The highest BCUT2D eigenvalue weighted by Gasteiger charge is 2.44. The summed E-state index contributed by atoms with van der Waals surface area (Å²) in [6, 6.07) is 15.6. The van der Waals surface area contributed by atoms with Gasteiger partial charge >= 0.3 is 0 Å². The molecule has 12 heteroatoms. The second kappa shape index (κ2) is 11.4. The minimum atomic E-state index is -1.03. The second-order valence-electron chi connectivity index (χ2n) is 11.6. The number of aromatic nitrogens is 3. The maximum absolute atomic E-state index is 15.2. The van der Waals surface area contributed by atoms with Crippen molar-refractivity contribution in [2.75, 3.05) is 32.5 Å². The summed E-state index contributed by atoms with van der Waals surface area (Å²) in [5.74, 6) is -1.13. The third kappa shape index (κ3) is 5.30.